The molecule has 0 aromatic heterocycles. The predicted octanol–water partition coefficient (Wildman–Crippen LogP) is 4.10. The highest BCUT2D eigenvalue weighted by atomic mass is 32.1. The van der Waals surface area contributed by atoms with E-state index in [2.05, 4.69) is 15.5 Å². The minimum Gasteiger partial charge on any atom is -0.382 e. The SMILES string of the molecule is Fc1ccc(NC2CCN(C(=S)Nc3ccccc3)CC2)cc1. The van der Waals surface area contributed by atoms with Gasteiger partial charge in [0.25, 0.3) is 0 Å². The third-order valence-corrected chi connectivity index (χ3v) is 4.38. The van der Waals surface area contributed by atoms with E-state index >= 15 is 0 Å². The summed E-state index contributed by atoms with van der Waals surface area (Å²) in [6, 6.07) is 16.9. The van der Waals surface area contributed by atoms with Crippen molar-refractivity contribution in [3.63, 3.8) is 0 Å². The lowest BCUT2D eigenvalue weighted by molar-refractivity contribution is 0.328. The van der Waals surface area contributed by atoms with Gasteiger partial charge in [-0.3, -0.25) is 0 Å². The van der Waals surface area contributed by atoms with Gasteiger partial charge in [-0.2, -0.15) is 0 Å². The maximum absolute atomic E-state index is 12.9. The zero-order chi connectivity index (χ0) is 16.1. The molecule has 1 aliphatic rings. The summed E-state index contributed by atoms with van der Waals surface area (Å²) >= 11 is 5.49. The summed E-state index contributed by atoms with van der Waals surface area (Å²) in [7, 11) is 0. The number of para-hydroxylation sites is 1. The third-order valence-electron chi connectivity index (χ3n) is 4.02. The van der Waals surface area contributed by atoms with Gasteiger partial charge in [-0.25, -0.2) is 4.39 Å². The van der Waals surface area contributed by atoms with Crippen molar-refractivity contribution in [1.29, 1.82) is 0 Å². The second-order valence-corrected chi connectivity index (χ2v) is 6.10. The standard InChI is InChI=1S/C18H20FN3S/c19-14-6-8-16(9-7-14)20-17-10-12-22(13-11-17)18(23)21-15-4-2-1-3-5-15/h1-9,17,20H,10-13H2,(H,21,23). The molecule has 2 N–H and O–H groups in total. The van der Waals surface area contributed by atoms with Crippen molar-refractivity contribution in [3.8, 4) is 0 Å². The summed E-state index contributed by atoms with van der Waals surface area (Å²) in [5.74, 6) is -0.206. The minimum atomic E-state index is -0.206. The molecule has 5 heteroatoms. The number of benzene rings is 2. The smallest absolute Gasteiger partial charge is 0.173 e. The molecule has 2 aromatic rings. The summed E-state index contributed by atoms with van der Waals surface area (Å²) in [4.78, 5) is 2.20. The average Bonchev–Trinajstić information content (AvgIpc) is 2.58. The molecule has 0 bridgehead atoms. The molecule has 23 heavy (non-hydrogen) atoms. The Kier molecular flexibility index (Phi) is 5.08. The Bertz CT molecular complexity index is 637. The Morgan fingerprint density at radius 3 is 2.26 bits per heavy atom. The van der Waals surface area contributed by atoms with Gasteiger partial charge < -0.3 is 15.5 Å². The number of nitrogens with zero attached hydrogens (tertiary/aromatic N) is 1. The molecule has 0 unspecified atom stereocenters. The highest BCUT2D eigenvalue weighted by molar-refractivity contribution is 7.80. The van der Waals surface area contributed by atoms with Crippen LogP contribution < -0.4 is 10.6 Å². The van der Waals surface area contributed by atoms with Crippen molar-refractivity contribution in [2.45, 2.75) is 18.9 Å². The van der Waals surface area contributed by atoms with E-state index < -0.39 is 0 Å². The van der Waals surface area contributed by atoms with Crippen LogP contribution in [0.1, 0.15) is 12.8 Å². The first kappa shape index (κ1) is 15.7. The monoisotopic (exact) mass is 329 g/mol. The van der Waals surface area contributed by atoms with E-state index in [1.54, 1.807) is 12.1 Å². The first-order chi connectivity index (χ1) is 11.2. The lowest BCUT2D eigenvalue weighted by atomic mass is 10.0. The number of anilines is 2. The van der Waals surface area contributed by atoms with Gasteiger partial charge in [0.05, 0.1) is 0 Å². The molecule has 0 saturated carbocycles. The average molecular weight is 329 g/mol. The van der Waals surface area contributed by atoms with Gasteiger partial charge in [0, 0.05) is 30.5 Å². The van der Waals surface area contributed by atoms with Crippen LogP contribution in [0.15, 0.2) is 54.6 Å². The molecular formula is C18H20FN3S. The van der Waals surface area contributed by atoms with Crippen LogP contribution in [0.5, 0.6) is 0 Å². The highest BCUT2D eigenvalue weighted by Gasteiger charge is 2.20. The Morgan fingerprint density at radius 1 is 0.957 bits per heavy atom. The Hall–Kier alpha value is -2.14. The molecule has 0 atom stereocenters. The molecule has 0 aliphatic carbocycles. The summed E-state index contributed by atoms with van der Waals surface area (Å²) in [5.41, 5.74) is 1.99. The molecule has 2 aromatic carbocycles. The van der Waals surface area contributed by atoms with Crippen LogP contribution >= 0.6 is 12.2 Å². The third kappa shape index (κ3) is 4.42. The number of hydrogen-bond acceptors (Lipinski definition) is 2. The normalized spacial score (nSPS) is 15.3. The summed E-state index contributed by atoms with van der Waals surface area (Å²) in [6.07, 6.45) is 2.02. The molecule has 1 fully saturated rings. The fourth-order valence-electron chi connectivity index (χ4n) is 2.73. The molecule has 120 valence electrons. The fourth-order valence-corrected chi connectivity index (χ4v) is 3.03. The van der Waals surface area contributed by atoms with Gasteiger partial charge in [0.1, 0.15) is 5.82 Å². The van der Waals surface area contributed by atoms with E-state index in [-0.39, 0.29) is 5.82 Å². The number of nitrogens with one attached hydrogen (secondary N) is 2. The van der Waals surface area contributed by atoms with Gasteiger partial charge in [0.2, 0.25) is 0 Å². The Balaban J connectivity index is 1.48. The number of piperidine rings is 1. The van der Waals surface area contributed by atoms with E-state index in [9.17, 15) is 4.39 Å². The van der Waals surface area contributed by atoms with E-state index in [0.717, 1.165) is 42.4 Å². The molecule has 0 amide bonds. The lowest BCUT2D eigenvalue weighted by Gasteiger charge is -2.34. The number of rotatable bonds is 3. The first-order valence-corrected chi connectivity index (χ1v) is 8.24. The Labute approximate surface area is 141 Å². The van der Waals surface area contributed by atoms with Crippen LogP contribution in [-0.4, -0.2) is 29.1 Å². The molecule has 3 rings (SSSR count). The van der Waals surface area contributed by atoms with Crippen LogP contribution in [0.4, 0.5) is 15.8 Å². The summed E-state index contributed by atoms with van der Waals surface area (Å²) in [6.45, 7) is 1.83. The highest BCUT2D eigenvalue weighted by Crippen LogP contribution is 2.18. The molecule has 1 aliphatic heterocycles. The van der Waals surface area contributed by atoms with Gasteiger partial charge >= 0.3 is 0 Å². The van der Waals surface area contributed by atoms with Gasteiger partial charge in [-0.1, -0.05) is 18.2 Å². The maximum Gasteiger partial charge on any atom is 0.173 e. The van der Waals surface area contributed by atoms with Gasteiger partial charge in [-0.15, -0.1) is 0 Å². The largest absolute Gasteiger partial charge is 0.382 e. The van der Waals surface area contributed by atoms with E-state index in [0.29, 0.717) is 6.04 Å². The van der Waals surface area contributed by atoms with Crippen molar-refractivity contribution in [3.05, 3.63) is 60.4 Å². The van der Waals surface area contributed by atoms with Crippen LogP contribution in [0, 0.1) is 5.82 Å². The zero-order valence-electron chi connectivity index (χ0n) is 12.8. The van der Waals surface area contributed by atoms with Gasteiger partial charge in [0.15, 0.2) is 5.11 Å². The van der Waals surface area contributed by atoms with Crippen molar-refractivity contribution in [2.75, 3.05) is 23.7 Å². The molecule has 0 spiro atoms. The second-order valence-electron chi connectivity index (χ2n) is 5.71. The van der Waals surface area contributed by atoms with Crippen molar-refractivity contribution < 1.29 is 4.39 Å². The van der Waals surface area contributed by atoms with Crippen LogP contribution in [0.3, 0.4) is 0 Å². The summed E-state index contributed by atoms with van der Waals surface area (Å²) in [5, 5.41) is 7.51. The van der Waals surface area contributed by atoms with E-state index in [4.69, 9.17) is 12.2 Å². The van der Waals surface area contributed by atoms with Crippen molar-refractivity contribution in [1.82, 2.24) is 4.90 Å². The van der Waals surface area contributed by atoms with Crippen LogP contribution in [-0.2, 0) is 0 Å². The predicted molar refractivity (Wildman–Crippen MR) is 97.3 cm³/mol. The van der Waals surface area contributed by atoms with Gasteiger partial charge in [-0.05, 0) is 61.5 Å². The second kappa shape index (κ2) is 7.42. The van der Waals surface area contributed by atoms with E-state index in [1.165, 1.54) is 12.1 Å². The first-order valence-electron chi connectivity index (χ1n) is 7.84. The lowest BCUT2D eigenvalue weighted by Crippen LogP contribution is -2.44. The maximum atomic E-state index is 12.9. The molecule has 0 radical (unpaired) electrons. The molecular weight excluding hydrogens is 309 g/mol. The molecule has 1 saturated heterocycles. The Morgan fingerprint density at radius 2 is 1.61 bits per heavy atom. The molecule has 3 nitrogen and oxygen atoms in total. The van der Waals surface area contributed by atoms with E-state index in [1.807, 2.05) is 30.3 Å². The number of halogens is 1. The minimum absolute atomic E-state index is 0.206. The quantitative estimate of drug-likeness (QED) is 0.829. The number of thiocarbonyl (C=S) groups is 1. The van der Waals surface area contributed by atoms with Crippen LogP contribution in [0.2, 0.25) is 0 Å². The zero-order valence-corrected chi connectivity index (χ0v) is 13.7. The number of likely N-dealkylation sites (tertiary alicyclic amines) is 1. The van der Waals surface area contributed by atoms with Crippen molar-refractivity contribution in [2.24, 2.45) is 0 Å². The van der Waals surface area contributed by atoms with Crippen molar-refractivity contribution >= 4 is 28.7 Å². The molecule has 1 heterocycles. The summed E-state index contributed by atoms with van der Waals surface area (Å²) < 4.78 is 12.9. The fraction of sp³-hybridized carbons (Fsp3) is 0.278. The number of hydrogen-bond donors (Lipinski definition) is 2. The topological polar surface area (TPSA) is 27.3 Å². The van der Waals surface area contributed by atoms with Crippen LogP contribution in [0.25, 0.3) is 0 Å².